The molecule has 142 valence electrons. The molecule has 4 aromatic rings. The van der Waals surface area contributed by atoms with Crippen LogP contribution in [0.1, 0.15) is 5.56 Å². The Morgan fingerprint density at radius 2 is 1.93 bits per heavy atom. The van der Waals surface area contributed by atoms with Crippen LogP contribution in [-0.4, -0.2) is 26.5 Å². The number of hydrogen-bond acceptors (Lipinski definition) is 5. The number of pyridine rings is 1. The number of ether oxygens (including phenoxy) is 1. The number of hydrogen-bond donors (Lipinski definition) is 1. The summed E-state index contributed by atoms with van der Waals surface area (Å²) in [6.07, 6.45) is 3.75. The van der Waals surface area contributed by atoms with Crippen molar-refractivity contribution in [3.8, 4) is 17.0 Å². The van der Waals surface area contributed by atoms with Gasteiger partial charge in [0.05, 0.1) is 30.8 Å². The summed E-state index contributed by atoms with van der Waals surface area (Å²) in [5, 5.41) is 2.91. The van der Waals surface area contributed by atoms with Crippen LogP contribution in [-0.2, 0) is 6.18 Å². The quantitative estimate of drug-likeness (QED) is 0.558. The molecule has 0 saturated heterocycles. The summed E-state index contributed by atoms with van der Waals surface area (Å²) in [6, 6.07) is 6.74. The van der Waals surface area contributed by atoms with Gasteiger partial charge in [0.2, 0.25) is 0 Å². The lowest BCUT2D eigenvalue weighted by Gasteiger charge is -2.11. The monoisotopic (exact) mass is 385 g/mol. The lowest BCUT2D eigenvalue weighted by Crippen LogP contribution is -2.05. The van der Waals surface area contributed by atoms with Crippen molar-refractivity contribution in [1.82, 2.24) is 19.4 Å². The smallest absolute Gasteiger partial charge is 0.416 e. The summed E-state index contributed by atoms with van der Waals surface area (Å²) in [5.74, 6) is 0.938. The average Bonchev–Trinajstić information content (AvgIpc) is 3.13. The molecule has 0 saturated carbocycles. The Labute approximate surface area is 157 Å². The zero-order valence-corrected chi connectivity index (χ0v) is 14.6. The van der Waals surface area contributed by atoms with E-state index in [2.05, 4.69) is 20.3 Å². The molecule has 3 heterocycles. The molecule has 1 aromatic carbocycles. The molecular formula is C19H14F3N5O. The third-order valence-electron chi connectivity index (χ3n) is 4.13. The molecule has 0 aliphatic carbocycles. The van der Waals surface area contributed by atoms with Gasteiger partial charge >= 0.3 is 6.18 Å². The van der Waals surface area contributed by atoms with Gasteiger partial charge in [-0.3, -0.25) is 9.38 Å². The van der Waals surface area contributed by atoms with E-state index in [-0.39, 0.29) is 5.69 Å². The fraction of sp³-hybridized carbons (Fsp3) is 0.105. The second-order valence-electron chi connectivity index (χ2n) is 5.93. The molecule has 1 N–H and O–H groups in total. The molecule has 4 rings (SSSR count). The first-order valence-electron chi connectivity index (χ1n) is 8.21. The van der Waals surface area contributed by atoms with Crippen LogP contribution in [0.5, 0.6) is 5.75 Å². The van der Waals surface area contributed by atoms with E-state index in [1.807, 2.05) is 6.07 Å². The Hall–Kier alpha value is -3.62. The van der Waals surface area contributed by atoms with E-state index in [4.69, 9.17) is 4.74 Å². The number of anilines is 2. The summed E-state index contributed by atoms with van der Waals surface area (Å²) >= 11 is 0. The van der Waals surface area contributed by atoms with Gasteiger partial charge in [-0.25, -0.2) is 9.97 Å². The van der Waals surface area contributed by atoms with E-state index in [0.29, 0.717) is 17.2 Å². The van der Waals surface area contributed by atoms with Crippen molar-refractivity contribution < 1.29 is 17.9 Å². The van der Waals surface area contributed by atoms with Crippen LogP contribution in [0.3, 0.4) is 0 Å². The van der Waals surface area contributed by atoms with Crippen molar-refractivity contribution in [1.29, 1.82) is 0 Å². The van der Waals surface area contributed by atoms with Crippen LogP contribution in [0.25, 0.3) is 16.9 Å². The second kappa shape index (κ2) is 6.84. The van der Waals surface area contributed by atoms with Gasteiger partial charge in [0, 0.05) is 29.8 Å². The number of methoxy groups -OCH3 is 1. The van der Waals surface area contributed by atoms with E-state index in [1.165, 1.54) is 12.1 Å². The van der Waals surface area contributed by atoms with Gasteiger partial charge in [-0.15, -0.1) is 0 Å². The standard InChI is InChI=1S/C19H14F3N5O/c1-28-15-7-12(9-23-10-15)16-11-25-18-17(24-5-6-27(16)18)26-14-4-2-3-13(8-14)19(20,21)22/h2-11H,1H3,(H,24,26). The lowest BCUT2D eigenvalue weighted by atomic mass is 10.2. The minimum Gasteiger partial charge on any atom is -0.495 e. The summed E-state index contributed by atoms with van der Waals surface area (Å²) in [5.41, 5.74) is 1.52. The van der Waals surface area contributed by atoms with E-state index in [1.54, 1.807) is 42.5 Å². The molecule has 0 fully saturated rings. The van der Waals surface area contributed by atoms with Crippen LogP contribution in [0.2, 0.25) is 0 Å². The van der Waals surface area contributed by atoms with Crippen LogP contribution in [0.15, 0.2) is 61.3 Å². The highest BCUT2D eigenvalue weighted by Crippen LogP contribution is 2.32. The average molecular weight is 385 g/mol. The topological polar surface area (TPSA) is 64.3 Å². The molecule has 0 atom stereocenters. The van der Waals surface area contributed by atoms with Crippen molar-refractivity contribution in [3.05, 3.63) is 66.9 Å². The van der Waals surface area contributed by atoms with Crippen LogP contribution < -0.4 is 10.1 Å². The van der Waals surface area contributed by atoms with Gasteiger partial charge in [-0.2, -0.15) is 13.2 Å². The lowest BCUT2D eigenvalue weighted by molar-refractivity contribution is -0.137. The van der Waals surface area contributed by atoms with E-state index in [0.717, 1.165) is 23.4 Å². The Morgan fingerprint density at radius 3 is 2.71 bits per heavy atom. The predicted octanol–water partition coefficient (Wildman–Crippen LogP) is 4.56. The van der Waals surface area contributed by atoms with Crippen LogP contribution in [0, 0.1) is 0 Å². The minimum atomic E-state index is -4.42. The molecule has 0 unspecified atom stereocenters. The number of halogens is 3. The van der Waals surface area contributed by atoms with Crippen molar-refractivity contribution in [2.24, 2.45) is 0 Å². The normalized spacial score (nSPS) is 11.6. The molecule has 0 aliphatic rings. The molecule has 0 bridgehead atoms. The Morgan fingerprint density at radius 1 is 1.07 bits per heavy atom. The molecule has 9 heteroatoms. The summed E-state index contributed by atoms with van der Waals surface area (Å²) in [6.45, 7) is 0. The molecule has 0 aliphatic heterocycles. The molecular weight excluding hydrogens is 371 g/mol. The third kappa shape index (κ3) is 3.34. The van der Waals surface area contributed by atoms with Crippen molar-refractivity contribution in [3.63, 3.8) is 0 Å². The number of alkyl halides is 3. The fourth-order valence-corrected chi connectivity index (χ4v) is 2.80. The van der Waals surface area contributed by atoms with Gasteiger partial charge in [-0.05, 0) is 24.3 Å². The molecule has 0 amide bonds. The van der Waals surface area contributed by atoms with E-state index < -0.39 is 11.7 Å². The van der Waals surface area contributed by atoms with Crippen molar-refractivity contribution in [2.75, 3.05) is 12.4 Å². The maximum Gasteiger partial charge on any atom is 0.416 e. The highest BCUT2D eigenvalue weighted by Gasteiger charge is 2.30. The minimum absolute atomic E-state index is 0.267. The van der Waals surface area contributed by atoms with Crippen LogP contribution in [0.4, 0.5) is 24.7 Å². The number of benzene rings is 1. The van der Waals surface area contributed by atoms with E-state index >= 15 is 0 Å². The Balaban J connectivity index is 1.73. The zero-order valence-electron chi connectivity index (χ0n) is 14.6. The summed E-state index contributed by atoms with van der Waals surface area (Å²) < 4.78 is 45.8. The molecule has 0 radical (unpaired) electrons. The zero-order chi connectivity index (χ0) is 19.7. The van der Waals surface area contributed by atoms with Crippen molar-refractivity contribution in [2.45, 2.75) is 6.18 Å². The Bertz CT molecular complexity index is 1140. The summed E-state index contributed by atoms with van der Waals surface area (Å²) in [7, 11) is 1.55. The maximum atomic E-state index is 12.9. The molecule has 6 nitrogen and oxygen atoms in total. The summed E-state index contributed by atoms with van der Waals surface area (Å²) in [4.78, 5) is 12.7. The first kappa shape index (κ1) is 17.8. The fourth-order valence-electron chi connectivity index (χ4n) is 2.80. The highest BCUT2D eigenvalue weighted by atomic mass is 19.4. The molecule has 0 spiro atoms. The molecule has 3 aromatic heterocycles. The van der Waals surface area contributed by atoms with Crippen LogP contribution >= 0.6 is 0 Å². The number of rotatable bonds is 4. The maximum absolute atomic E-state index is 12.9. The van der Waals surface area contributed by atoms with Gasteiger partial charge in [0.25, 0.3) is 0 Å². The number of nitrogens with zero attached hydrogens (tertiary/aromatic N) is 4. The number of fused-ring (bicyclic) bond motifs is 1. The number of nitrogens with one attached hydrogen (secondary N) is 1. The molecule has 28 heavy (non-hydrogen) atoms. The van der Waals surface area contributed by atoms with Gasteiger partial charge in [0.15, 0.2) is 11.5 Å². The van der Waals surface area contributed by atoms with Gasteiger partial charge < -0.3 is 10.1 Å². The van der Waals surface area contributed by atoms with E-state index in [9.17, 15) is 13.2 Å². The number of aromatic nitrogens is 4. The van der Waals surface area contributed by atoms with Gasteiger partial charge in [-0.1, -0.05) is 6.07 Å². The highest BCUT2D eigenvalue weighted by molar-refractivity contribution is 5.74. The van der Waals surface area contributed by atoms with Gasteiger partial charge in [0.1, 0.15) is 5.75 Å². The third-order valence-corrected chi connectivity index (χ3v) is 4.13. The SMILES string of the molecule is COc1cncc(-c2cnc3c(Nc4cccc(C(F)(F)F)c4)nccn23)c1. The number of imidazole rings is 1. The second-order valence-corrected chi connectivity index (χ2v) is 5.93. The predicted molar refractivity (Wildman–Crippen MR) is 97.5 cm³/mol. The Kier molecular flexibility index (Phi) is 4.34. The van der Waals surface area contributed by atoms with Crippen molar-refractivity contribution >= 4 is 17.2 Å². The first-order chi connectivity index (χ1) is 13.5. The largest absolute Gasteiger partial charge is 0.495 e. The first-order valence-corrected chi connectivity index (χ1v) is 8.21.